The first-order chi connectivity index (χ1) is 24.1. The van der Waals surface area contributed by atoms with Crippen LogP contribution in [0.3, 0.4) is 0 Å². The summed E-state index contributed by atoms with van der Waals surface area (Å²) >= 11 is 0. The van der Waals surface area contributed by atoms with Gasteiger partial charge in [-0.15, -0.1) is 0 Å². The molecule has 0 amide bonds. The normalized spacial score (nSPS) is 11.5. The number of imidazole rings is 1. The van der Waals surface area contributed by atoms with Crippen LogP contribution in [0.2, 0.25) is 0 Å². The molecule has 2 heterocycles. The van der Waals surface area contributed by atoms with Crippen LogP contribution in [0.15, 0.2) is 170 Å². The lowest BCUT2D eigenvalue weighted by molar-refractivity contribution is 1.10. The summed E-state index contributed by atoms with van der Waals surface area (Å²) in [4.78, 5) is 7.44. The highest BCUT2D eigenvalue weighted by Gasteiger charge is 2.18. The molecule has 0 fully saturated rings. The summed E-state index contributed by atoms with van der Waals surface area (Å²) in [6, 6.07) is 60.6. The van der Waals surface area contributed by atoms with Crippen molar-refractivity contribution >= 4 is 49.9 Å². The second kappa shape index (κ2) is 11.7. The Morgan fingerprint density at radius 2 is 0.939 bits per heavy atom. The quantitative estimate of drug-likeness (QED) is 0.183. The molecule has 9 rings (SSSR count). The predicted molar refractivity (Wildman–Crippen MR) is 205 cm³/mol. The molecule has 9 aromatic rings. The first-order valence-electron chi connectivity index (χ1n) is 16.7. The maximum atomic E-state index is 5.10. The number of aryl methyl sites for hydroxylation is 2. The molecule has 2 aromatic heterocycles. The van der Waals surface area contributed by atoms with Crippen molar-refractivity contribution in [3.05, 3.63) is 181 Å². The summed E-state index contributed by atoms with van der Waals surface area (Å²) in [7, 11) is 0. The van der Waals surface area contributed by atoms with Gasteiger partial charge in [0.25, 0.3) is 0 Å². The van der Waals surface area contributed by atoms with Gasteiger partial charge in [0.05, 0.1) is 22.1 Å². The summed E-state index contributed by atoms with van der Waals surface area (Å²) in [5.74, 6) is 0.924. The van der Waals surface area contributed by atoms with E-state index in [1.54, 1.807) is 0 Å². The lowest BCUT2D eigenvalue weighted by Crippen LogP contribution is -2.10. The van der Waals surface area contributed by atoms with Crippen molar-refractivity contribution in [2.75, 3.05) is 4.90 Å². The standard InChI is InChI=1S/C45H34N4/c1-31-28-32(2)30-38(29-31)47(36-24-26-37(27-25-36)48-42-17-9-6-14-39(42)40-15-7-10-18-43(40)48)35-22-20-33(21-23-35)45-46-41-16-8-11-19-44(41)49(45)34-12-4-3-5-13-34/h3-30H,1-2H3. The van der Waals surface area contributed by atoms with E-state index >= 15 is 0 Å². The van der Waals surface area contributed by atoms with Crippen molar-refractivity contribution in [3.63, 3.8) is 0 Å². The Bertz CT molecular complexity index is 2540. The number of rotatable bonds is 6. The fourth-order valence-electron chi connectivity index (χ4n) is 7.30. The second-order valence-corrected chi connectivity index (χ2v) is 12.7. The van der Waals surface area contributed by atoms with Crippen molar-refractivity contribution in [1.29, 1.82) is 0 Å². The number of fused-ring (bicyclic) bond motifs is 4. The van der Waals surface area contributed by atoms with E-state index in [1.807, 2.05) is 12.1 Å². The largest absolute Gasteiger partial charge is 0.310 e. The van der Waals surface area contributed by atoms with Gasteiger partial charge in [0, 0.05) is 44.8 Å². The lowest BCUT2D eigenvalue weighted by Gasteiger charge is -2.27. The molecule has 0 aliphatic rings. The van der Waals surface area contributed by atoms with Crippen LogP contribution >= 0.6 is 0 Å². The van der Waals surface area contributed by atoms with Crippen molar-refractivity contribution in [3.8, 4) is 22.8 Å². The Kier molecular flexibility index (Phi) is 6.87. The minimum absolute atomic E-state index is 0.924. The van der Waals surface area contributed by atoms with E-state index in [4.69, 9.17) is 4.98 Å². The Morgan fingerprint density at radius 1 is 0.429 bits per heavy atom. The fourth-order valence-corrected chi connectivity index (χ4v) is 7.30. The molecule has 7 aromatic carbocycles. The highest BCUT2D eigenvalue weighted by atomic mass is 15.1. The van der Waals surface area contributed by atoms with Crippen LogP contribution in [0, 0.1) is 13.8 Å². The van der Waals surface area contributed by atoms with Crippen molar-refractivity contribution in [1.82, 2.24) is 14.1 Å². The number of aromatic nitrogens is 3. The summed E-state index contributed by atoms with van der Waals surface area (Å²) in [5, 5.41) is 2.53. The van der Waals surface area contributed by atoms with E-state index in [-0.39, 0.29) is 0 Å². The lowest BCUT2D eigenvalue weighted by atomic mass is 10.1. The molecule has 0 radical (unpaired) electrons. The molecule has 4 heteroatoms. The molecule has 0 atom stereocenters. The second-order valence-electron chi connectivity index (χ2n) is 12.7. The molecule has 0 spiro atoms. The number of hydrogen-bond donors (Lipinski definition) is 0. The third-order valence-corrected chi connectivity index (χ3v) is 9.37. The van der Waals surface area contributed by atoms with Gasteiger partial charge in [-0.1, -0.05) is 72.8 Å². The zero-order valence-electron chi connectivity index (χ0n) is 27.5. The van der Waals surface area contributed by atoms with Crippen molar-refractivity contribution in [2.45, 2.75) is 13.8 Å². The number of hydrogen-bond acceptors (Lipinski definition) is 2. The fraction of sp³-hybridized carbons (Fsp3) is 0.0444. The molecule has 0 saturated carbocycles. The molecule has 234 valence electrons. The van der Waals surface area contributed by atoms with Crippen LogP contribution in [-0.4, -0.2) is 14.1 Å². The highest BCUT2D eigenvalue weighted by Crippen LogP contribution is 2.39. The van der Waals surface area contributed by atoms with Gasteiger partial charge in [-0.3, -0.25) is 4.57 Å². The molecular weight excluding hydrogens is 597 g/mol. The van der Waals surface area contributed by atoms with E-state index in [0.29, 0.717) is 0 Å². The van der Waals surface area contributed by atoms with Crippen molar-refractivity contribution < 1.29 is 0 Å². The summed E-state index contributed by atoms with van der Waals surface area (Å²) in [6.07, 6.45) is 0. The molecular formula is C45H34N4. The third kappa shape index (κ3) is 4.97. The zero-order valence-corrected chi connectivity index (χ0v) is 27.5. The Morgan fingerprint density at radius 3 is 1.57 bits per heavy atom. The Labute approximate surface area is 285 Å². The number of benzene rings is 7. The smallest absolute Gasteiger partial charge is 0.145 e. The Hall–Kier alpha value is -6.39. The van der Waals surface area contributed by atoms with Crippen molar-refractivity contribution in [2.24, 2.45) is 0 Å². The summed E-state index contributed by atoms with van der Waals surface area (Å²) in [6.45, 7) is 4.33. The van der Waals surface area contributed by atoms with Crippen LogP contribution in [0.4, 0.5) is 17.1 Å². The molecule has 0 aliphatic heterocycles. The van der Waals surface area contributed by atoms with E-state index in [9.17, 15) is 0 Å². The molecule has 49 heavy (non-hydrogen) atoms. The number of nitrogens with zero attached hydrogens (tertiary/aromatic N) is 4. The highest BCUT2D eigenvalue weighted by molar-refractivity contribution is 6.09. The molecule has 0 saturated heterocycles. The molecule has 0 bridgehead atoms. The maximum Gasteiger partial charge on any atom is 0.145 e. The van der Waals surface area contributed by atoms with Crippen LogP contribution < -0.4 is 4.90 Å². The van der Waals surface area contributed by atoms with Gasteiger partial charge in [-0.25, -0.2) is 4.98 Å². The van der Waals surface area contributed by atoms with Crippen LogP contribution in [-0.2, 0) is 0 Å². The SMILES string of the molecule is Cc1cc(C)cc(N(c2ccc(-c3nc4ccccc4n3-c3ccccc3)cc2)c2ccc(-n3c4ccccc4c4ccccc43)cc2)c1. The van der Waals surface area contributed by atoms with Gasteiger partial charge in [-0.05, 0) is 122 Å². The Balaban J connectivity index is 1.15. The van der Waals surface area contributed by atoms with Crippen LogP contribution in [0.5, 0.6) is 0 Å². The van der Waals surface area contributed by atoms with E-state index in [1.165, 1.54) is 32.9 Å². The monoisotopic (exact) mass is 630 g/mol. The van der Waals surface area contributed by atoms with Gasteiger partial charge in [0.15, 0.2) is 0 Å². The van der Waals surface area contributed by atoms with Gasteiger partial charge in [0.1, 0.15) is 5.82 Å². The van der Waals surface area contributed by atoms with Crippen LogP contribution in [0.1, 0.15) is 11.1 Å². The minimum Gasteiger partial charge on any atom is -0.310 e. The van der Waals surface area contributed by atoms with Gasteiger partial charge in [-0.2, -0.15) is 0 Å². The first kappa shape index (κ1) is 28.8. The molecule has 0 N–H and O–H groups in total. The number of para-hydroxylation sites is 5. The summed E-state index contributed by atoms with van der Waals surface area (Å²) in [5.41, 5.74) is 13.5. The molecule has 0 unspecified atom stereocenters. The van der Waals surface area contributed by atoms with Crippen LogP contribution in [0.25, 0.3) is 55.6 Å². The topological polar surface area (TPSA) is 26.0 Å². The van der Waals surface area contributed by atoms with Gasteiger partial charge < -0.3 is 9.47 Å². The van der Waals surface area contributed by atoms with E-state index < -0.39 is 0 Å². The zero-order chi connectivity index (χ0) is 32.9. The van der Waals surface area contributed by atoms with E-state index in [2.05, 4.69) is 186 Å². The summed E-state index contributed by atoms with van der Waals surface area (Å²) < 4.78 is 4.61. The number of anilines is 3. The maximum absolute atomic E-state index is 5.10. The molecule has 0 aliphatic carbocycles. The van der Waals surface area contributed by atoms with Gasteiger partial charge >= 0.3 is 0 Å². The molecule has 4 nitrogen and oxygen atoms in total. The minimum atomic E-state index is 0.924. The predicted octanol–water partition coefficient (Wildman–Crippen LogP) is 11.9. The average molecular weight is 631 g/mol. The third-order valence-electron chi connectivity index (χ3n) is 9.37. The average Bonchev–Trinajstić information content (AvgIpc) is 3.69. The first-order valence-corrected chi connectivity index (χ1v) is 16.7. The van der Waals surface area contributed by atoms with E-state index in [0.717, 1.165) is 50.9 Å². The van der Waals surface area contributed by atoms with Gasteiger partial charge in [0.2, 0.25) is 0 Å².